The molecule has 0 spiro atoms. The van der Waals surface area contributed by atoms with E-state index in [0.29, 0.717) is 29.6 Å². The average Bonchev–Trinajstić information content (AvgIpc) is 2.71. The van der Waals surface area contributed by atoms with Crippen molar-refractivity contribution in [1.82, 2.24) is 5.32 Å². The molecular weight excluding hydrogens is 438 g/mol. The maximum absolute atomic E-state index is 5.85. The van der Waals surface area contributed by atoms with Crippen LogP contribution in [0, 0.1) is 12.3 Å². The van der Waals surface area contributed by atoms with Gasteiger partial charge in [0.05, 0.1) is 7.11 Å². The number of nitrogens with one attached hydrogen (secondary N) is 1. The topological polar surface area (TPSA) is 39.7 Å². The zero-order chi connectivity index (χ0) is 20.4. The van der Waals surface area contributed by atoms with Gasteiger partial charge in [0.2, 0.25) is 0 Å². The highest BCUT2D eigenvalue weighted by Crippen LogP contribution is 2.28. The van der Waals surface area contributed by atoms with Gasteiger partial charge in [-0.25, -0.2) is 0 Å². The van der Waals surface area contributed by atoms with E-state index in [1.54, 1.807) is 7.11 Å². The number of hydrogen-bond donors (Lipinski definition) is 1. The second-order valence-corrected chi connectivity index (χ2v) is 7.26. The molecule has 2 rings (SSSR count). The average molecular weight is 462 g/mol. The van der Waals surface area contributed by atoms with Crippen LogP contribution in [0.1, 0.15) is 24.2 Å². The number of terminal acetylenes is 1. The maximum atomic E-state index is 5.85. The third kappa shape index (κ3) is 6.52. The molecule has 0 bridgehead atoms. The third-order valence-electron chi connectivity index (χ3n) is 4.00. The highest BCUT2D eigenvalue weighted by molar-refractivity contribution is 9.10. The first-order valence-electron chi connectivity index (χ1n) is 8.97. The molecule has 0 aliphatic rings. The molecule has 0 aliphatic carbocycles. The van der Waals surface area contributed by atoms with Crippen molar-refractivity contribution >= 4 is 33.1 Å². The fourth-order valence-electron chi connectivity index (χ4n) is 2.66. The maximum Gasteiger partial charge on any atom is 0.162 e. The lowest BCUT2D eigenvalue weighted by Gasteiger charge is -2.20. The van der Waals surface area contributed by atoms with Crippen molar-refractivity contribution in [2.45, 2.75) is 19.4 Å². The predicted octanol–water partition coefficient (Wildman–Crippen LogP) is 4.71. The van der Waals surface area contributed by atoms with E-state index in [0.717, 1.165) is 22.0 Å². The van der Waals surface area contributed by atoms with Crippen LogP contribution in [0.3, 0.4) is 0 Å². The van der Waals surface area contributed by atoms with E-state index in [1.165, 1.54) is 0 Å². The van der Waals surface area contributed by atoms with E-state index in [1.807, 2.05) is 49.4 Å². The molecule has 0 heterocycles. The van der Waals surface area contributed by atoms with E-state index in [2.05, 4.69) is 27.2 Å². The van der Waals surface area contributed by atoms with Crippen molar-refractivity contribution < 1.29 is 14.2 Å². The number of benzene rings is 2. The van der Waals surface area contributed by atoms with Gasteiger partial charge in [0.1, 0.15) is 17.7 Å². The highest BCUT2D eigenvalue weighted by Gasteiger charge is 2.17. The molecule has 0 radical (unpaired) electrons. The van der Waals surface area contributed by atoms with E-state index in [9.17, 15) is 0 Å². The summed E-state index contributed by atoms with van der Waals surface area (Å²) in [6.07, 6.45) is 5.76. The van der Waals surface area contributed by atoms with Crippen LogP contribution in [0.2, 0.25) is 0 Å². The Kier molecular flexibility index (Phi) is 9.29. The van der Waals surface area contributed by atoms with Crippen molar-refractivity contribution in [2.75, 3.05) is 26.9 Å². The quantitative estimate of drug-likeness (QED) is 0.409. The molecule has 2 aromatic carbocycles. The van der Waals surface area contributed by atoms with Crippen LogP contribution < -0.4 is 14.8 Å². The van der Waals surface area contributed by atoms with Crippen molar-refractivity contribution in [1.29, 1.82) is 0 Å². The van der Waals surface area contributed by atoms with Gasteiger partial charge < -0.3 is 19.5 Å². The summed E-state index contributed by atoms with van der Waals surface area (Å²) in [6, 6.07) is 13.8. The molecule has 1 unspecified atom stereocenters. The number of halogens is 1. The Morgan fingerprint density at radius 2 is 1.96 bits per heavy atom. The third-order valence-corrected chi connectivity index (χ3v) is 4.88. The van der Waals surface area contributed by atoms with Crippen molar-refractivity contribution in [3.8, 4) is 23.8 Å². The van der Waals surface area contributed by atoms with Crippen LogP contribution in [-0.2, 0) is 11.2 Å². The van der Waals surface area contributed by atoms with Crippen LogP contribution >= 0.6 is 28.1 Å². The van der Waals surface area contributed by atoms with Gasteiger partial charge in [0, 0.05) is 17.6 Å². The van der Waals surface area contributed by atoms with Gasteiger partial charge in [-0.1, -0.05) is 52.3 Å². The fourth-order valence-corrected chi connectivity index (χ4v) is 3.23. The molecule has 0 aromatic heterocycles. The second-order valence-electron chi connectivity index (χ2n) is 5.91. The van der Waals surface area contributed by atoms with Crippen molar-refractivity contribution in [2.24, 2.45) is 0 Å². The summed E-state index contributed by atoms with van der Waals surface area (Å²) in [7, 11) is 1.61. The Morgan fingerprint density at radius 3 is 2.61 bits per heavy atom. The molecule has 28 heavy (non-hydrogen) atoms. The summed E-state index contributed by atoms with van der Waals surface area (Å²) in [5, 5.41) is 3.31. The highest BCUT2D eigenvalue weighted by atomic mass is 79.9. The molecule has 6 heteroatoms. The first-order chi connectivity index (χ1) is 13.6. The standard InChI is InChI=1S/C22H24BrNO3S/c1-4-14-27-19-11-6-16(15-20(19)25-3)12-13-24-22(28)21(26-5-2)17-7-9-18(23)10-8-17/h1,6-11,15,21H,5,12-14H2,2-3H3,(H,24,28). The predicted molar refractivity (Wildman–Crippen MR) is 120 cm³/mol. The van der Waals surface area contributed by atoms with Gasteiger partial charge >= 0.3 is 0 Å². The van der Waals surface area contributed by atoms with Gasteiger partial charge in [0.25, 0.3) is 0 Å². The number of thiocarbonyl (C=S) groups is 1. The fraction of sp³-hybridized carbons (Fsp3) is 0.318. The smallest absolute Gasteiger partial charge is 0.162 e. The van der Waals surface area contributed by atoms with Crippen LogP contribution in [0.15, 0.2) is 46.9 Å². The van der Waals surface area contributed by atoms with E-state index in [4.69, 9.17) is 32.9 Å². The Morgan fingerprint density at radius 1 is 1.21 bits per heavy atom. The van der Waals surface area contributed by atoms with E-state index in [-0.39, 0.29) is 12.7 Å². The monoisotopic (exact) mass is 461 g/mol. The van der Waals surface area contributed by atoms with E-state index < -0.39 is 0 Å². The molecule has 1 atom stereocenters. The molecule has 0 amide bonds. The first kappa shape index (κ1) is 22.2. The molecule has 4 nitrogen and oxygen atoms in total. The molecule has 0 fully saturated rings. The largest absolute Gasteiger partial charge is 0.493 e. The van der Waals surface area contributed by atoms with Gasteiger partial charge in [-0.05, 0) is 48.7 Å². The van der Waals surface area contributed by atoms with Gasteiger partial charge in [-0.3, -0.25) is 0 Å². The number of hydrogen-bond acceptors (Lipinski definition) is 4. The SMILES string of the molecule is C#CCOc1ccc(CCNC(=S)C(OCC)c2ccc(Br)cc2)cc1OC. The molecule has 1 N–H and O–H groups in total. The van der Waals surface area contributed by atoms with Crippen molar-refractivity contribution in [3.05, 3.63) is 58.1 Å². The van der Waals surface area contributed by atoms with Gasteiger partial charge in [0.15, 0.2) is 11.5 Å². The van der Waals surface area contributed by atoms with Crippen molar-refractivity contribution in [3.63, 3.8) is 0 Å². The molecule has 0 saturated heterocycles. The minimum atomic E-state index is -0.262. The lowest BCUT2D eigenvalue weighted by molar-refractivity contribution is 0.109. The molecule has 0 aliphatic heterocycles. The summed E-state index contributed by atoms with van der Waals surface area (Å²) in [5.74, 6) is 3.75. The first-order valence-corrected chi connectivity index (χ1v) is 10.2. The summed E-state index contributed by atoms with van der Waals surface area (Å²) < 4.78 is 17.7. The molecule has 0 saturated carbocycles. The zero-order valence-electron chi connectivity index (χ0n) is 16.0. The molecule has 148 valence electrons. The minimum Gasteiger partial charge on any atom is -0.493 e. The lowest BCUT2D eigenvalue weighted by Crippen LogP contribution is -2.31. The minimum absolute atomic E-state index is 0.209. The van der Waals surface area contributed by atoms with Crippen LogP contribution in [0.5, 0.6) is 11.5 Å². The number of methoxy groups -OCH3 is 1. The van der Waals surface area contributed by atoms with Crippen LogP contribution in [-0.4, -0.2) is 31.9 Å². The Balaban J connectivity index is 1.96. The van der Waals surface area contributed by atoms with E-state index >= 15 is 0 Å². The second kappa shape index (κ2) is 11.7. The molecule has 2 aromatic rings. The number of ether oxygens (including phenoxy) is 3. The Hall–Kier alpha value is -2.07. The Labute approximate surface area is 180 Å². The van der Waals surface area contributed by atoms with Gasteiger partial charge in [-0.15, -0.1) is 6.42 Å². The summed E-state index contributed by atoms with van der Waals surface area (Å²) in [4.78, 5) is 0.671. The zero-order valence-corrected chi connectivity index (χ0v) is 18.4. The summed E-state index contributed by atoms with van der Waals surface area (Å²) in [6.45, 7) is 3.44. The normalized spacial score (nSPS) is 11.4. The Bertz CT molecular complexity index is 818. The lowest BCUT2D eigenvalue weighted by atomic mass is 10.1. The van der Waals surface area contributed by atoms with Crippen LogP contribution in [0.4, 0.5) is 0 Å². The summed E-state index contributed by atoms with van der Waals surface area (Å²) in [5.41, 5.74) is 2.14. The van der Waals surface area contributed by atoms with Gasteiger partial charge in [-0.2, -0.15) is 0 Å². The van der Waals surface area contributed by atoms with Crippen LogP contribution in [0.25, 0.3) is 0 Å². The number of rotatable bonds is 10. The molecular formula is C22H24BrNO3S. The summed E-state index contributed by atoms with van der Waals surface area (Å²) >= 11 is 9.03.